The fraction of sp³-hybridized carbons (Fsp3) is 0.417. The first-order chi connectivity index (χ1) is 8.59. The molecule has 0 saturated carbocycles. The van der Waals surface area contributed by atoms with E-state index in [2.05, 4.69) is 0 Å². The van der Waals surface area contributed by atoms with Gasteiger partial charge < -0.3 is 14.9 Å². The van der Waals surface area contributed by atoms with Crippen LogP contribution in [0.15, 0.2) is 18.2 Å². The monoisotopic (exact) mass is 271 g/mol. The molecule has 1 heterocycles. The Morgan fingerprint density at radius 1 is 1.39 bits per heavy atom. The first kappa shape index (κ1) is 13.1. The van der Waals surface area contributed by atoms with Crippen molar-refractivity contribution in [2.75, 3.05) is 26.3 Å². The first-order valence-corrected chi connectivity index (χ1v) is 6.00. The second kappa shape index (κ2) is 5.56. The second-order valence-electron chi connectivity index (χ2n) is 4.10. The van der Waals surface area contributed by atoms with Crippen molar-refractivity contribution >= 4 is 17.6 Å². The third-order valence-corrected chi connectivity index (χ3v) is 3.23. The number of phenols is 1. The molecule has 1 aromatic carbocycles. The van der Waals surface area contributed by atoms with Gasteiger partial charge >= 0.3 is 5.97 Å². The number of carboxylic acid groups (broad SMARTS) is 1. The van der Waals surface area contributed by atoms with Gasteiger partial charge in [0, 0.05) is 13.1 Å². The molecule has 18 heavy (non-hydrogen) atoms. The standard InChI is InChI=1S/C12H14ClNO4/c13-9-7-8(1-2-10(9)15)11(12(16)17)14-3-5-18-6-4-14/h1-2,7,11,15H,3-6H2,(H,16,17). The van der Waals surface area contributed by atoms with Gasteiger partial charge in [0.1, 0.15) is 11.8 Å². The molecule has 0 aliphatic carbocycles. The quantitative estimate of drug-likeness (QED) is 0.872. The van der Waals surface area contributed by atoms with E-state index in [1.807, 2.05) is 4.90 Å². The molecule has 2 N–H and O–H groups in total. The number of hydrogen-bond acceptors (Lipinski definition) is 4. The van der Waals surface area contributed by atoms with E-state index in [1.165, 1.54) is 12.1 Å². The zero-order valence-electron chi connectivity index (χ0n) is 9.67. The van der Waals surface area contributed by atoms with Crippen molar-refractivity contribution in [2.45, 2.75) is 6.04 Å². The first-order valence-electron chi connectivity index (χ1n) is 5.62. The van der Waals surface area contributed by atoms with Crippen molar-refractivity contribution < 1.29 is 19.7 Å². The lowest BCUT2D eigenvalue weighted by molar-refractivity contribution is -0.145. The van der Waals surface area contributed by atoms with Crippen LogP contribution in [0.25, 0.3) is 0 Å². The highest BCUT2D eigenvalue weighted by Gasteiger charge is 2.29. The van der Waals surface area contributed by atoms with Gasteiger partial charge in [-0.05, 0) is 17.7 Å². The zero-order chi connectivity index (χ0) is 13.1. The van der Waals surface area contributed by atoms with Crippen LogP contribution in [0.2, 0.25) is 5.02 Å². The summed E-state index contributed by atoms with van der Waals surface area (Å²) >= 11 is 5.82. The van der Waals surface area contributed by atoms with E-state index >= 15 is 0 Å². The number of phenolic OH excluding ortho intramolecular Hbond substituents is 1. The van der Waals surface area contributed by atoms with Gasteiger partial charge in [-0.3, -0.25) is 9.69 Å². The molecular weight excluding hydrogens is 258 g/mol. The number of ether oxygens (including phenoxy) is 1. The number of carboxylic acids is 1. The van der Waals surface area contributed by atoms with Crippen molar-refractivity contribution in [1.29, 1.82) is 0 Å². The van der Waals surface area contributed by atoms with Crippen LogP contribution in [0.3, 0.4) is 0 Å². The predicted octanol–water partition coefficient (Wildman–Crippen LogP) is 1.50. The molecule has 0 radical (unpaired) electrons. The third-order valence-electron chi connectivity index (χ3n) is 2.93. The molecule has 1 fully saturated rings. The fourth-order valence-corrected chi connectivity index (χ4v) is 2.23. The Kier molecular flexibility index (Phi) is 4.06. The third kappa shape index (κ3) is 2.75. The van der Waals surface area contributed by atoms with Gasteiger partial charge in [0.2, 0.25) is 0 Å². The van der Waals surface area contributed by atoms with E-state index in [9.17, 15) is 15.0 Å². The molecule has 0 spiro atoms. The Hall–Kier alpha value is -1.30. The number of hydrogen-bond donors (Lipinski definition) is 2. The molecule has 2 rings (SSSR count). The molecule has 6 heteroatoms. The van der Waals surface area contributed by atoms with Crippen LogP contribution in [0.4, 0.5) is 0 Å². The van der Waals surface area contributed by atoms with Crippen molar-refractivity contribution in [3.8, 4) is 5.75 Å². The van der Waals surface area contributed by atoms with Gasteiger partial charge in [0.15, 0.2) is 0 Å². The van der Waals surface area contributed by atoms with E-state index in [0.717, 1.165) is 0 Å². The number of rotatable bonds is 3. The Morgan fingerprint density at radius 2 is 2.06 bits per heavy atom. The number of morpholine rings is 1. The summed E-state index contributed by atoms with van der Waals surface area (Å²) in [5.41, 5.74) is 0.562. The van der Waals surface area contributed by atoms with Crippen molar-refractivity contribution in [1.82, 2.24) is 4.90 Å². The lowest BCUT2D eigenvalue weighted by Gasteiger charge is -2.32. The van der Waals surface area contributed by atoms with E-state index in [-0.39, 0.29) is 10.8 Å². The van der Waals surface area contributed by atoms with Crippen LogP contribution >= 0.6 is 11.6 Å². The summed E-state index contributed by atoms with van der Waals surface area (Å²) in [4.78, 5) is 13.2. The normalized spacial score (nSPS) is 18.5. The highest BCUT2D eigenvalue weighted by Crippen LogP contribution is 2.29. The Morgan fingerprint density at radius 3 is 2.61 bits per heavy atom. The second-order valence-corrected chi connectivity index (χ2v) is 4.51. The molecule has 1 aromatic rings. The lowest BCUT2D eigenvalue weighted by Crippen LogP contribution is -2.42. The van der Waals surface area contributed by atoms with Crippen LogP contribution in [-0.2, 0) is 9.53 Å². The summed E-state index contributed by atoms with van der Waals surface area (Å²) in [6.45, 7) is 2.18. The van der Waals surface area contributed by atoms with Crippen LogP contribution in [-0.4, -0.2) is 47.4 Å². The SMILES string of the molecule is O=C(O)C(c1ccc(O)c(Cl)c1)N1CCOCC1. The number of halogens is 1. The average Bonchev–Trinajstić information content (AvgIpc) is 2.35. The average molecular weight is 272 g/mol. The van der Waals surface area contributed by atoms with Gasteiger partial charge in [-0.2, -0.15) is 0 Å². The van der Waals surface area contributed by atoms with Crippen molar-refractivity contribution in [3.05, 3.63) is 28.8 Å². The molecule has 1 aliphatic rings. The van der Waals surface area contributed by atoms with Gasteiger partial charge in [-0.1, -0.05) is 17.7 Å². The van der Waals surface area contributed by atoms with Gasteiger partial charge in [0.05, 0.1) is 18.2 Å². The molecule has 0 amide bonds. The highest BCUT2D eigenvalue weighted by atomic mass is 35.5. The summed E-state index contributed by atoms with van der Waals surface area (Å²) in [6, 6.07) is 3.72. The molecule has 98 valence electrons. The van der Waals surface area contributed by atoms with Crippen molar-refractivity contribution in [2.24, 2.45) is 0 Å². The maximum atomic E-state index is 11.4. The molecule has 1 atom stereocenters. The molecule has 1 aliphatic heterocycles. The summed E-state index contributed by atoms with van der Waals surface area (Å²) in [5.74, 6) is -0.981. The zero-order valence-corrected chi connectivity index (χ0v) is 10.4. The predicted molar refractivity (Wildman–Crippen MR) is 65.9 cm³/mol. The number of nitrogens with zero attached hydrogens (tertiary/aromatic N) is 1. The van der Waals surface area contributed by atoms with Gasteiger partial charge in [-0.15, -0.1) is 0 Å². The number of benzene rings is 1. The fourth-order valence-electron chi connectivity index (χ4n) is 2.04. The minimum absolute atomic E-state index is 0.0495. The van der Waals surface area contributed by atoms with Crippen LogP contribution < -0.4 is 0 Å². The lowest BCUT2D eigenvalue weighted by atomic mass is 10.0. The summed E-state index contributed by atoms with van der Waals surface area (Å²) in [5, 5.41) is 18.9. The molecule has 5 nitrogen and oxygen atoms in total. The smallest absolute Gasteiger partial charge is 0.325 e. The van der Waals surface area contributed by atoms with Crippen LogP contribution in [0.1, 0.15) is 11.6 Å². The van der Waals surface area contributed by atoms with E-state index in [4.69, 9.17) is 16.3 Å². The number of carbonyl (C=O) groups is 1. The molecule has 0 aromatic heterocycles. The summed E-state index contributed by atoms with van der Waals surface area (Å²) in [7, 11) is 0. The Bertz CT molecular complexity index is 446. The maximum Gasteiger partial charge on any atom is 0.325 e. The summed E-state index contributed by atoms with van der Waals surface area (Å²) < 4.78 is 5.21. The number of aliphatic carboxylic acids is 1. The van der Waals surface area contributed by atoms with Crippen molar-refractivity contribution in [3.63, 3.8) is 0 Å². The van der Waals surface area contributed by atoms with Crippen LogP contribution in [0, 0.1) is 0 Å². The summed E-state index contributed by atoms with van der Waals surface area (Å²) in [6.07, 6.45) is 0. The largest absolute Gasteiger partial charge is 0.506 e. The minimum atomic E-state index is -0.932. The highest BCUT2D eigenvalue weighted by molar-refractivity contribution is 6.32. The maximum absolute atomic E-state index is 11.4. The Balaban J connectivity index is 2.28. The topological polar surface area (TPSA) is 70.0 Å². The minimum Gasteiger partial charge on any atom is -0.506 e. The molecule has 1 unspecified atom stereocenters. The molecule has 0 bridgehead atoms. The van der Waals surface area contributed by atoms with Gasteiger partial charge in [-0.25, -0.2) is 0 Å². The van der Waals surface area contributed by atoms with Crippen LogP contribution in [0.5, 0.6) is 5.75 Å². The van der Waals surface area contributed by atoms with E-state index in [0.29, 0.717) is 31.9 Å². The number of aromatic hydroxyl groups is 1. The molecular formula is C12H14ClNO4. The Labute approximate surface area is 110 Å². The molecule has 1 saturated heterocycles. The van der Waals surface area contributed by atoms with Gasteiger partial charge in [0.25, 0.3) is 0 Å². The van der Waals surface area contributed by atoms with E-state index < -0.39 is 12.0 Å². The van der Waals surface area contributed by atoms with E-state index in [1.54, 1.807) is 6.07 Å².